The van der Waals surface area contributed by atoms with Gasteiger partial charge < -0.3 is 10.0 Å². The van der Waals surface area contributed by atoms with Gasteiger partial charge in [0.15, 0.2) is 0 Å². The maximum atomic E-state index is 10.7. The van der Waals surface area contributed by atoms with Crippen LogP contribution in [0.1, 0.15) is 35.7 Å². The van der Waals surface area contributed by atoms with Crippen LogP contribution in [-0.2, 0) is 13.0 Å². The summed E-state index contributed by atoms with van der Waals surface area (Å²) < 4.78 is 5.71. The molecule has 8 heteroatoms. The molecule has 1 atom stereocenters. The van der Waals surface area contributed by atoms with Crippen LogP contribution in [0.3, 0.4) is 0 Å². The van der Waals surface area contributed by atoms with E-state index in [0.717, 1.165) is 30.0 Å². The highest BCUT2D eigenvalue weighted by Gasteiger charge is 2.24. The van der Waals surface area contributed by atoms with Crippen LogP contribution in [0.25, 0.3) is 0 Å². The van der Waals surface area contributed by atoms with E-state index < -0.39 is 6.10 Å². The first-order valence-corrected chi connectivity index (χ1v) is 8.04. The predicted molar refractivity (Wildman–Crippen MR) is 83.8 cm³/mol. The number of rotatable bonds is 7. The van der Waals surface area contributed by atoms with Gasteiger partial charge in [-0.3, -0.25) is 4.68 Å². The largest absolute Gasteiger partial charge is 0.381 e. The minimum atomic E-state index is -0.830. The lowest BCUT2D eigenvalue weighted by atomic mass is 10.1. The molecule has 0 amide bonds. The summed E-state index contributed by atoms with van der Waals surface area (Å²) >= 11 is 7.42. The molecule has 21 heavy (non-hydrogen) atoms. The summed E-state index contributed by atoms with van der Waals surface area (Å²) in [6, 6.07) is 0. The summed E-state index contributed by atoms with van der Waals surface area (Å²) in [5.74, 6) is 0. The Morgan fingerprint density at radius 3 is 2.90 bits per heavy atom. The number of aryl methyl sites for hydroxylation is 1. The minimum Gasteiger partial charge on any atom is -0.381 e. The number of nitrogens with zero attached hydrogens (tertiary/aromatic N) is 5. The molecule has 0 fully saturated rings. The van der Waals surface area contributed by atoms with Gasteiger partial charge >= 0.3 is 0 Å². The van der Waals surface area contributed by atoms with Gasteiger partial charge in [0.2, 0.25) is 0 Å². The zero-order valence-electron chi connectivity index (χ0n) is 12.5. The van der Waals surface area contributed by atoms with Crippen LogP contribution in [0, 0.1) is 0 Å². The molecule has 0 aromatic carbocycles. The number of halogens is 1. The summed E-state index contributed by atoms with van der Waals surface area (Å²) in [6.45, 7) is 3.56. The molecule has 2 rings (SSSR count). The maximum absolute atomic E-state index is 10.7. The summed E-state index contributed by atoms with van der Waals surface area (Å²) in [5.41, 5.74) is 1.45. The zero-order chi connectivity index (χ0) is 15.4. The highest BCUT2D eigenvalue weighted by molar-refractivity contribution is 7.05. The van der Waals surface area contributed by atoms with Crippen molar-refractivity contribution in [2.75, 3.05) is 20.6 Å². The number of likely N-dealkylation sites (N-methyl/N-ethyl adjacent to an activating group) is 1. The van der Waals surface area contributed by atoms with Crippen LogP contribution < -0.4 is 0 Å². The maximum Gasteiger partial charge on any atom is 0.135 e. The Kier molecular flexibility index (Phi) is 5.69. The molecule has 0 saturated carbocycles. The second kappa shape index (κ2) is 7.31. The number of hydrogen-bond donors (Lipinski definition) is 1. The minimum absolute atomic E-state index is 0.470. The van der Waals surface area contributed by atoms with Crippen LogP contribution in [0.4, 0.5) is 0 Å². The van der Waals surface area contributed by atoms with Crippen molar-refractivity contribution in [1.29, 1.82) is 0 Å². The van der Waals surface area contributed by atoms with Gasteiger partial charge in [-0.25, -0.2) is 0 Å². The molecule has 0 radical (unpaired) electrons. The summed E-state index contributed by atoms with van der Waals surface area (Å²) in [7, 11) is 3.99. The van der Waals surface area contributed by atoms with E-state index in [1.807, 2.05) is 14.1 Å². The SMILES string of the molecule is CCCc1nnsc1C(O)c1c(Cl)cnn1CCN(C)C. The van der Waals surface area contributed by atoms with Crippen LogP contribution in [0.2, 0.25) is 5.02 Å². The van der Waals surface area contributed by atoms with E-state index in [-0.39, 0.29) is 0 Å². The first-order chi connectivity index (χ1) is 10.0. The fourth-order valence-electron chi connectivity index (χ4n) is 2.07. The Balaban J connectivity index is 2.27. The molecule has 2 heterocycles. The van der Waals surface area contributed by atoms with E-state index >= 15 is 0 Å². The number of aromatic nitrogens is 4. The molecular weight excluding hydrogens is 310 g/mol. The Hall–Kier alpha value is -1.02. The average molecular weight is 330 g/mol. The molecule has 0 saturated heterocycles. The molecule has 1 N–H and O–H groups in total. The second-order valence-electron chi connectivity index (χ2n) is 5.14. The Morgan fingerprint density at radius 1 is 1.48 bits per heavy atom. The monoisotopic (exact) mass is 329 g/mol. The van der Waals surface area contributed by atoms with Crippen molar-refractivity contribution in [2.24, 2.45) is 0 Å². The van der Waals surface area contributed by atoms with Gasteiger partial charge in [-0.15, -0.1) is 5.10 Å². The molecule has 6 nitrogen and oxygen atoms in total. The molecule has 1 unspecified atom stereocenters. The average Bonchev–Trinajstić information content (AvgIpc) is 3.03. The lowest BCUT2D eigenvalue weighted by Gasteiger charge is -2.15. The number of hydrogen-bond acceptors (Lipinski definition) is 6. The van der Waals surface area contributed by atoms with E-state index in [1.165, 1.54) is 11.5 Å². The Bertz CT molecular complexity index is 583. The van der Waals surface area contributed by atoms with Crippen LogP contribution in [0.5, 0.6) is 0 Å². The quantitative estimate of drug-likeness (QED) is 0.841. The highest BCUT2D eigenvalue weighted by atomic mass is 35.5. The summed E-state index contributed by atoms with van der Waals surface area (Å²) in [5, 5.41) is 19.5. The van der Waals surface area contributed by atoms with Crippen LogP contribution >= 0.6 is 23.1 Å². The van der Waals surface area contributed by atoms with Gasteiger partial charge in [0.1, 0.15) is 6.10 Å². The normalized spacial score (nSPS) is 13.0. The molecule has 0 spiro atoms. The van der Waals surface area contributed by atoms with E-state index in [2.05, 4.69) is 26.5 Å². The van der Waals surface area contributed by atoms with E-state index in [4.69, 9.17) is 11.6 Å². The first kappa shape index (κ1) is 16.4. The second-order valence-corrected chi connectivity index (χ2v) is 6.33. The molecule has 0 aliphatic carbocycles. The highest BCUT2D eigenvalue weighted by Crippen LogP contribution is 2.31. The van der Waals surface area contributed by atoms with Gasteiger partial charge in [0.25, 0.3) is 0 Å². The molecule has 0 aliphatic rings. The van der Waals surface area contributed by atoms with Crippen molar-refractivity contribution >= 4 is 23.1 Å². The lowest BCUT2D eigenvalue weighted by Crippen LogP contribution is -2.21. The van der Waals surface area contributed by atoms with Gasteiger partial charge in [-0.05, 0) is 32.0 Å². The Labute approximate surface area is 133 Å². The first-order valence-electron chi connectivity index (χ1n) is 6.89. The van der Waals surface area contributed by atoms with Crippen molar-refractivity contribution in [2.45, 2.75) is 32.4 Å². The van der Waals surface area contributed by atoms with Crippen LogP contribution in [0.15, 0.2) is 6.20 Å². The molecule has 116 valence electrons. The third-order valence-electron chi connectivity index (χ3n) is 3.17. The smallest absolute Gasteiger partial charge is 0.135 e. The van der Waals surface area contributed by atoms with Gasteiger partial charge in [0, 0.05) is 6.54 Å². The number of aliphatic hydroxyl groups is 1. The molecule has 2 aromatic rings. The molecular formula is C13H20ClN5OS. The van der Waals surface area contributed by atoms with E-state index in [0.29, 0.717) is 17.3 Å². The molecule has 0 bridgehead atoms. The van der Waals surface area contributed by atoms with Gasteiger partial charge in [0.05, 0.1) is 34.0 Å². The van der Waals surface area contributed by atoms with E-state index in [9.17, 15) is 5.11 Å². The van der Waals surface area contributed by atoms with Crippen LogP contribution in [-0.4, -0.2) is 50.0 Å². The van der Waals surface area contributed by atoms with Crippen molar-refractivity contribution in [1.82, 2.24) is 24.3 Å². The van der Waals surface area contributed by atoms with Gasteiger partial charge in [-0.2, -0.15) is 5.10 Å². The lowest BCUT2D eigenvalue weighted by molar-refractivity contribution is 0.208. The summed E-state index contributed by atoms with van der Waals surface area (Å²) in [6.07, 6.45) is 2.50. The number of aliphatic hydroxyl groups excluding tert-OH is 1. The van der Waals surface area contributed by atoms with E-state index in [1.54, 1.807) is 10.9 Å². The van der Waals surface area contributed by atoms with Gasteiger partial charge in [-0.1, -0.05) is 29.4 Å². The third kappa shape index (κ3) is 3.79. The fourth-order valence-corrected chi connectivity index (χ4v) is 3.01. The summed E-state index contributed by atoms with van der Waals surface area (Å²) in [4.78, 5) is 2.81. The third-order valence-corrected chi connectivity index (χ3v) is 4.28. The van der Waals surface area contributed by atoms with Crippen molar-refractivity contribution in [3.05, 3.63) is 27.5 Å². The van der Waals surface area contributed by atoms with Crippen molar-refractivity contribution < 1.29 is 5.11 Å². The standard InChI is InChI=1S/C13H20ClN5OS/c1-4-5-10-13(21-17-16-10)12(20)11-9(14)8-15-19(11)7-6-18(2)3/h8,12,20H,4-7H2,1-3H3. The van der Waals surface area contributed by atoms with Crippen molar-refractivity contribution in [3.63, 3.8) is 0 Å². The predicted octanol–water partition coefficient (Wildman–Crippen LogP) is 1.98. The molecule has 2 aromatic heterocycles. The molecule has 0 aliphatic heterocycles. The fraction of sp³-hybridized carbons (Fsp3) is 0.615. The zero-order valence-corrected chi connectivity index (χ0v) is 14.0. The Morgan fingerprint density at radius 2 is 2.24 bits per heavy atom. The van der Waals surface area contributed by atoms with Crippen molar-refractivity contribution in [3.8, 4) is 0 Å². The topological polar surface area (TPSA) is 67.1 Å².